The molecule has 1 heterocycles. The van der Waals surface area contributed by atoms with E-state index in [0.717, 1.165) is 13.0 Å². The second-order valence-corrected chi connectivity index (χ2v) is 6.82. The normalized spacial score (nSPS) is 17.7. The topological polar surface area (TPSA) is 70.7 Å². The van der Waals surface area contributed by atoms with Gasteiger partial charge in [-0.15, -0.1) is 0 Å². The van der Waals surface area contributed by atoms with E-state index in [9.17, 15) is 9.59 Å². The van der Waals surface area contributed by atoms with Crippen molar-refractivity contribution in [2.45, 2.75) is 25.4 Å². The van der Waals surface area contributed by atoms with E-state index < -0.39 is 6.04 Å². The van der Waals surface area contributed by atoms with Crippen LogP contribution >= 0.6 is 0 Å². The third-order valence-electron chi connectivity index (χ3n) is 4.92. The van der Waals surface area contributed by atoms with Gasteiger partial charge in [0.05, 0.1) is 12.5 Å². The van der Waals surface area contributed by atoms with Gasteiger partial charge in [0.2, 0.25) is 11.8 Å². The van der Waals surface area contributed by atoms with E-state index in [1.54, 1.807) is 7.11 Å². The van der Waals surface area contributed by atoms with Gasteiger partial charge in [0, 0.05) is 39.9 Å². The van der Waals surface area contributed by atoms with Crippen LogP contribution in [0.15, 0.2) is 42.5 Å². The Bertz CT molecular complexity index is 788. The van der Waals surface area contributed by atoms with Crippen LogP contribution in [-0.4, -0.2) is 56.1 Å². The summed E-state index contributed by atoms with van der Waals surface area (Å²) in [6.45, 7) is 3.16. The summed E-state index contributed by atoms with van der Waals surface area (Å²) in [6, 6.07) is 14.0. The molecule has 1 saturated heterocycles. The number of ether oxygens (including phenoxy) is 1. The predicted octanol–water partition coefficient (Wildman–Crippen LogP) is 1.68. The molecular weight excluding hydrogens is 342 g/mol. The fourth-order valence-electron chi connectivity index (χ4n) is 3.51. The Labute approximate surface area is 159 Å². The molecule has 1 aliphatic rings. The molecule has 2 aromatic carbocycles. The summed E-state index contributed by atoms with van der Waals surface area (Å²) in [5, 5.41) is 8.13. The summed E-state index contributed by atoms with van der Waals surface area (Å²) in [5.41, 5.74) is 1.17. The first kappa shape index (κ1) is 19.3. The summed E-state index contributed by atoms with van der Waals surface area (Å²) >= 11 is 0. The molecular formula is C21H27N3O3. The number of amides is 2. The van der Waals surface area contributed by atoms with Crippen LogP contribution in [0.5, 0.6) is 0 Å². The van der Waals surface area contributed by atoms with Crippen LogP contribution in [0.3, 0.4) is 0 Å². The number of nitrogens with zero attached hydrogens (tertiary/aromatic N) is 1. The highest BCUT2D eigenvalue weighted by molar-refractivity contribution is 5.89. The average molecular weight is 369 g/mol. The zero-order valence-electron chi connectivity index (χ0n) is 15.7. The molecule has 6 heteroatoms. The number of carbonyl (C=O) groups is 2. The summed E-state index contributed by atoms with van der Waals surface area (Å²) in [6.07, 6.45) is 0.933. The highest BCUT2D eigenvalue weighted by Crippen LogP contribution is 2.22. The fraction of sp³-hybridized carbons (Fsp3) is 0.429. The monoisotopic (exact) mass is 369 g/mol. The molecule has 2 aromatic rings. The number of benzene rings is 2. The molecule has 27 heavy (non-hydrogen) atoms. The van der Waals surface area contributed by atoms with Crippen molar-refractivity contribution in [1.29, 1.82) is 0 Å². The molecule has 1 aliphatic heterocycles. The zero-order chi connectivity index (χ0) is 19.1. The third-order valence-corrected chi connectivity index (χ3v) is 4.92. The van der Waals surface area contributed by atoms with Gasteiger partial charge in [0.25, 0.3) is 0 Å². The van der Waals surface area contributed by atoms with E-state index in [1.165, 1.54) is 16.3 Å². The Morgan fingerprint density at radius 2 is 2.07 bits per heavy atom. The maximum Gasteiger partial charge on any atom is 0.237 e. The number of methoxy groups -OCH3 is 1. The summed E-state index contributed by atoms with van der Waals surface area (Å²) in [5.74, 6) is -0.176. The van der Waals surface area contributed by atoms with Gasteiger partial charge >= 0.3 is 0 Å². The molecule has 1 fully saturated rings. The predicted molar refractivity (Wildman–Crippen MR) is 105 cm³/mol. The van der Waals surface area contributed by atoms with Crippen LogP contribution in [0.25, 0.3) is 10.8 Å². The van der Waals surface area contributed by atoms with Crippen LogP contribution in [0, 0.1) is 0 Å². The van der Waals surface area contributed by atoms with Crippen LogP contribution in [0.2, 0.25) is 0 Å². The number of fused-ring (bicyclic) bond motifs is 1. The van der Waals surface area contributed by atoms with E-state index >= 15 is 0 Å². The molecule has 0 saturated carbocycles. The third kappa shape index (κ3) is 5.05. The maximum absolute atomic E-state index is 12.4. The van der Waals surface area contributed by atoms with Crippen molar-refractivity contribution >= 4 is 22.6 Å². The quantitative estimate of drug-likeness (QED) is 0.695. The first-order valence-electron chi connectivity index (χ1n) is 9.43. The van der Waals surface area contributed by atoms with E-state index in [2.05, 4.69) is 39.8 Å². The Kier molecular flexibility index (Phi) is 6.79. The molecule has 144 valence electrons. The minimum absolute atomic E-state index is 0.0754. The van der Waals surface area contributed by atoms with Crippen LogP contribution < -0.4 is 10.6 Å². The second-order valence-electron chi connectivity index (χ2n) is 6.82. The maximum atomic E-state index is 12.4. The van der Waals surface area contributed by atoms with Gasteiger partial charge in [0.15, 0.2) is 0 Å². The first-order valence-corrected chi connectivity index (χ1v) is 9.43. The van der Waals surface area contributed by atoms with E-state index in [1.807, 2.05) is 18.2 Å². The number of nitrogens with one attached hydrogen (secondary N) is 2. The molecule has 3 rings (SSSR count). The highest BCUT2D eigenvalue weighted by atomic mass is 16.5. The van der Waals surface area contributed by atoms with Crippen molar-refractivity contribution in [3.05, 3.63) is 48.0 Å². The molecule has 0 aromatic heterocycles. The second kappa shape index (κ2) is 9.48. The van der Waals surface area contributed by atoms with Crippen molar-refractivity contribution in [1.82, 2.24) is 15.5 Å². The standard InChI is InChI=1S/C21H27N3O3/c1-27-13-5-10-22-20(25)14-19-21(26)23-11-12-24(19)15-17-8-4-7-16-6-2-3-9-18(16)17/h2-4,6-9,19H,5,10-15H2,1H3,(H,22,25)(H,23,26)/t19-/m1/s1. The smallest absolute Gasteiger partial charge is 0.237 e. The fourth-order valence-corrected chi connectivity index (χ4v) is 3.51. The molecule has 2 N–H and O–H groups in total. The van der Waals surface area contributed by atoms with Crippen molar-refractivity contribution in [3.63, 3.8) is 0 Å². The minimum atomic E-state index is -0.444. The first-order chi connectivity index (χ1) is 13.2. The van der Waals surface area contributed by atoms with Gasteiger partial charge in [-0.1, -0.05) is 42.5 Å². The van der Waals surface area contributed by atoms with Gasteiger partial charge in [-0.25, -0.2) is 0 Å². The van der Waals surface area contributed by atoms with Crippen LogP contribution in [-0.2, 0) is 20.9 Å². The average Bonchev–Trinajstić information content (AvgIpc) is 2.68. The molecule has 0 spiro atoms. The lowest BCUT2D eigenvalue weighted by Gasteiger charge is -2.35. The number of hydrogen-bond donors (Lipinski definition) is 2. The van der Waals surface area contributed by atoms with Crippen molar-refractivity contribution in [3.8, 4) is 0 Å². The molecule has 0 radical (unpaired) electrons. The highest BCUT2D eigenvalue weighted by Gasteiger charge is 2.31. The van der Waals surface area contributed by atoms with Gasteiger partial charge in [-0.2, -0.15) is 0 Å². The van der Waals surface area contributed by atoms with E-state index in [0.29, 0.717) is 26.2 Å². The van der Waals surface area contributed by atoms with E-state index in [-0.39, 0.29) is 18.2 Å². The minimum Gasteiger partial charge on any atom is -0.385 e. The lowest BCUT2D eigenvalue weighted by Crippen LogP contribution is -2.56. The summed E-state index contributed by atoms with van der Waals surface area (Å²) < 4.78 is 4.99. The zero-order valence-corrected chi connectivity index (χ0v) is 15.7. The number of rotatable bonds is 8. The van der Waals surface area contributed by atoms with Gasteiger partial charge in [-0.05, 0) is 22.8 Å². The Hall–Kier alpha value is -2.44. The van der Waals surface area contributed by atoms with Gasteiger partial charge in [0.1, 0.15) is 0 Å². The number of piperazine rings is 1. The van der Waals surface area contributed by atoms with Crippen LogP contribution in [0.1, 0.15) is 18.4 Å². The van der Waals surface area contributed by atoms with Gasteiger partial charge < -0.3 is 15.4 Å². The summed E-state index contributed by atoms with van der Waals surface area (Å²) in [7, 11) is 1.64. The molecule has 0 bridgehead atoms. The van der Waals surface area contributed by atoms with Crippen molar-refractivity contribution in [2.24, 2.45) is 0 Å². The molecule has 1 atom stereocenters. The van der Waals surface area contributed by atoms with Gasteiger partial charge in [-0.3, -0.25) is 14.5 Å². The molecule has 2 amide bonds. The number of hydrogen-bond acceptors (Lipinski definition) is 4. The van der Waals surface area contributed by atoms with Crippen molar-refractivity contribution < 1.29 is 14.3 Å². The Morgan fingerprint density at radius 1 is 1.26 bits per heavy atom. The molecule has 0 aliphatic carbocycles. The lowest BCUT2D eigenvalue weighted by atomic mass is 10.0. The van der Waals surface area contributed by atoms with Crippen LogP contribution in [0.4, 0.5) is 0 Å². The Balaban J connectivity index is 1.68. The van der Waals surface area contributed by atoms with Crippen molar-refractivity contribution in [2.75, 3.05) is 33.4 Å². The SMILES string of the molecule is COCCCNC(=O)C[C@@H]1C(=O)NCCN1Cc1cccc2ccccc12. The lowest BCUT2D eigenvalue weighted by molar-refractivity contribution is -0.134. The summed E-state index contributed by atoms with van der Waals surface area (Å²) in [4.78, 5) is 26.8. The van der Waals surface area contributed by atoms with E-state index in [4.69, 9.17) is 4.74 Å². The molecule has 0 unspecified atom stereocenters. The Morgan fingerprint density at radius 3 is 2.93 bits per heavy atom. The largest absolute Gasteiger partial charge is 0.385 e. The molecule has 6 nitrogen and oxygen atoms in total. The number of carbonyl (C=O) groups excluding carboxylic acids is 2.